The highest BCUT2D eigenvalue weighted by atomic mass is 79.9. The van der Waals surface area contributed by atoms with E-state index in [9.17, 15) is 4.79 Å². The van der Waals surface area contributed by atoms with Crippen molar-refractivity contribution in [2.24, 2.45) is 11.7 Å². The smallest absolute Gasteiger partial charge is 0.241 e. The zero-order chi connectivity index (χ0) is 12.3. The van der Waals surface area contributed by atoms with Crippen LogP contribution in [0.2, 0.25) is 0 Å². The van der Waals surface area contributed by atoms with Crippen molar-refractivity contribution in [1.82, 2.24) is 0 Å². The van der Waals surface area contributed by atoms with Gasteiger partial charge in [0.15, 0.2) is 0 Å². The van der Waals surface area contributed by atoms with Gasteiger partial charge in [-0.2, -0.15) is 0 Å². The van der Waals surface area contributed by atoms with Gasteiger partial charge in [0.05, 0.1) is 11.7 Å². The Balaban J connectivity index is 2.81. The molecule has 0 aromatic heterocycles. The zero-order valence-electron chi connectivity index (χ0n) is 9.75. The van der Waals surface area contributed by atoms with E-state index in [2.05, 4.69) is 21.2 Å². The van der Waals surface area contributed by atoms with Crippen LogP contribution in [-0.4, -0.2) is 11.9 Å². The Labute approximate surface area is 105 Å². The lowest BCUT2D eigenvalue weighted by Gasteiger charge is -2.16. The molecule has 1 atom stereocenters. The summed E-state index contributed by atoms with van der Waals surface area (Å²) in [4.78, 5) is 11.8. The maximum atomic E-state index is 11.8. The van der Waals surface area contributed by atoms with E-state index >= 15 is 0 Å². The number of carbonyl (C=O) groups excluding carboxylic acids is 1. The summed E-state index contributed by atoms with van der Waals surface area (Å²) in [5.74, 6) is -0.0233. The van der Waals surface area contributed by atoms with Crippen LogP contribution < -0.4 is 11.1 Å². The van der Waals surface area contributed by atoms with Gasteiger partial charge in [0.1, 0.15) is 0 Å². The third-order valence-corrected chi connectivity index (χ3v) is 3.52. The summed E-state index contributed by atoms with van der Waals surface area (Å²) in [5.41, 5.74) is 7.61. The molecule has 0 spiro atoms. The van der Waals surface area contributed by atoms with Crippen LogP contribution >= 0.6 is 15.9 Å². The molecule has 0 radical (unpaired) electrons. The minimum absolute atomic E-state index is 0.128. The molecule has 0 saturated carbocycles. The second-order valence-corrected chi connectivity index (χ2v) is 4.99. The number of anilines is 1. The fourth-order valence-corrected chi connectivity index (χ4v) is 1.63. The average molecular weight is 285 g/mol. The number of amides is 1. The van der Waals surface area contributed by atoms with E-state index in [-0.39, 0.29) is 11.8 Å². The highest BCUT2D eigenvalue weighted by molar-refractivity contribution is 9.10. The molecule has 88 valence electrons. The van der Waals surface area contributed by atoms with Crippen molar-refractivity contribution >= 4 is 27.5 Å². The number of carbonyl (C=O) groups is 1. The highest BCUT2D eigenvalue weighted by Crippen LogP contribution is 2.25. The Morgan fingerprint density at radius 1 is 1.44 bits per heavy atom. The van der Waals surface area contributed by atoms with Gasteiger partial charge < -0.3 is 11.1 Å². The van der Waals surface area contributed by atoms with Gasteiger partial charge in [-0.3, -0.25) is 4.79 Å². The fourth-order valence-electron chi connectivity index (χ4n) is 1.26. The van der Waals surface area contributed by atoms with E-state index in [1.165, 1.54) is 0 Å². The molecule has 0 fully saturated rings. The molecule has 0 aliphatic heterocycles. The van der Waals surface area contributed by atoms with E-state index in [0.717, 1.165) is 15.7 Å². The molecule has 0 heterocycles. The molecule has 0 bridgehead atoms. The summed E-state index contributed by atoms with van der Waals surface area (Å²) in [6.07, 6.45) is 0. The number of hydrogen-bond donors (Lipinski definition) is 2. The molecular formula is C12H17BrN2O. The van der Waals surface area contributed by atoms with Crippen LogP contribution in [0, 0.1) is 12.8 Å². The number of benzene rings is 1. The van der Waals surface area contributed by atoms with E-state index in [1.807, 2.05) is 39.0 Å². The molecule has 0 aliphatic carbocycles. The Morgan fingerprint density at radius 3 is 2.62 bits per heavy atom. The van der Waals surface area contributed by atoms with Gasteiger partial charge in [0.25, 0.3) is 0 Å². The zero-order valence-corrected chi connectivity index (χ0v) is 11.3. The van der Waals surface area contributed by atoms with Crippen LogP contribution in [-0.2, 0) is 4.79 Å². The largest absolute Gasteiger partial charge is 0.324 e. The van der Waals surface area contributed by atoms with Gasteiger partial charge in [0.2, 0.25) is 5.91 Å². The molecular weight excluding hydrogens is 268 g/mol. The minimum atomic E-state index is -0.479. The first-order chi connectivity index (χ1) is 7.43. The van der Waals surface area contributed by atoms with Gasteiger partial charge in [0, 0.05) is 4.47 Å². The summed E-state index contributed by atoms with van der Waals surface area (Å²) >= 11 is 3.44. The average Bonchev–Trinajstić information content (AvgIpc) is 2.23. The number of hydrogen-bond acceptors (Lipinski definition) is 2. The SMILES string of the molecule is Cc1cccc(NC(=O)[C@@H](N)C(C)C)c1Br. The molecule has 0 saturated heterocycles. The number of rotatable bonds is 3. The molecule has 3 nitrogen and oxygen atoms in total. The maximum Gasteiger partial charge on any atom is 0.241 e. The first kappa shape index (κ1) is 13.2. The second kappa shape index (κ2) is 5.46. The van der Waals surface area contributed by atoms with Crippen molar-refractivity contribution in [2.75, 3.05) is 5.32 Å². The molecule has 0 unspecified atom stereocenters. The van der Waals surface area contributed by atoms with Gasteiger partial charge >= 0.3 is 0 Å². The summed E-state index contributed by atoms with van der Waals surface area (Å²) in [6, 6.07) is 5.24. The number of halogens is 1. The highest BCUT2D eigenvalue weighted by Gasteiger charge is 2.18. The second-order valence-electron chi connectivity index (χ2n) is 4.20. The number of nitrogens with two attached hydrogens (primary N) is 1. The van der Waals surface area contributed by atoms with E-state index in [1.54, 1.807) is 0 Å². The molecule has 1 amide bonds. The van der Waals surface area contributed by atoms with Crippen molar-refractivity contribution in [3.05, 3.63) is 28.2 Å². The summed E-state index contributed by atoms with van der Waals surface area (Å²) < 4.78 is 0.902. The normalized spacial score (nSPS) is 12.6. The molecule has 1 rings (SSSR count). The quantitative estimate of drug-likeness (QED) is 0.897. The minimum Gasteiger partial charge on any atom is -0.324 e. The van der Waals surface area contributed by atoms with Crippen LogP contribution in [0.4, 0.5) is 5.69 Å². The Kier molecular flexibility index (Phi) is 4.50. The third-order valence-electron chi connectivity index (χ3n) is 2.47. The van der Waals surface area contributed by atoms with Crippen molar-refractivity contribution in [3.8, 4) is 0 Å². The molecule has 16 heavy (non-hydrogen) atoms. The van der Waals surface area contributed by atoms with Crippen molar-refractivity contribution < 1.29 is 4.79 Å². The standard InChI is InChI=1S/C12H17BrN2O/c1-7(2)11(14)12(16)15-9-6-4-5-8(3)10(9)13/h4-7,11H,14H2,1-3H3,(H,15,16)/t11-/m0/s1. The van der Waals surface area contributed by atoms with Crippen LogP contribution in [0.3, 0.4) is 0 Å². The summed E-state index contributed by atoms with van der Waals surface area (Å²) in [7, 11) is 0. The van der Waals surface area contributed by atoms with Gasteiger partial charge in [-0.05, 0) is 40.4 Å². The van der Waals surface area contributed by atoms with E-state index < -0.39 is 6.04 Å². The molecule has 1 aromatic rings. The molecule has 1 aromatic carbocycles. The monoisotopic (exact) mass is 284 g/mol. The molecule has 3 N–H and O–H groups in total. The van der Waals surface area contributed by atoms with Crippen LogP contribution in [0.15, 0.2) is 22.7 Å². The Morgan fingerprint density at radius 2 is 2.06 bits per heavy atom. The van der Waals surface area contributed by atoms with E-state index in [0.29, 0.717) is 0 Å². The van der Waals surface area contributed by atoms with E-state index in [4.69, 9.17) is 5.73 Å². The summed E-state index contributed by atoms with van der Waals surface area (Å²) in [6.45, 7) is 5.83. The van der Waals surface area contributed by atoms with Gasteiger partial charge in [-0.1, -0.05) is 26.0 Å². The van der Waals surface area contributed by atoms with Crippen LogP contribution in [0.1, 0.15) is 19.4 Å². The molecule has 0 aliphatic rings. The maximum absolute atomic E-state index is 11.8. The number of nitrogens with one attached hydrogen (secondary N) is 1. The van der Waals surface area contributed by atoms with Crippen LogP contribution in [0.25, 0.3) is 0 Å². The first-order valence-corrected chi connectivity index (χ1v) is 6.04. The third kappa shape index (κ3) is 3.06. The lowest BCUT2D eigenvalue weighted by atomic mass is 10.0. The van der Waals surface area contributed by atoms with Gasteiger partial charge in [-0.25, -0.2) is 0 Å². The predicted molar refractivity (Wildman–Crippen MR) is 70.3 cm³/mol. The summed E-state index contributed by atoms with van der Waals surface area (Å²) in [5, 5.41) is 2.82. The topological polar surface area (TPSA) is 55.1 Å². The van der Waals surface area contributed by atoms with Crippen molar-refractivity contribution in [1.29, 1.82) is 0 Å². The molecule has 4 heteroatoms. The Hall–Kier alpha value is -0.870. The predicted octanol–water partition coefficient (Wildman–Crippen LogP) is 2.68. The lowest BCUT2D eigenvalue weighted by molar-refractivity contribution is -0.118. The van der Waals surface area contributed by atoms with Crippen molar-refractivity contribution in [3.63, 3.8) is 0 Å². The number of aryl methyl sites for hydroxylation is 1. The fraction of sp³-hybridized carbons (Fsp3) is 0.417. The Bertz CT molecular complexity index is 391. The van der Waals surface area contributed by atoms with Gasteiger partial charge in [-0.15, -0.1) is 0 Å². The van der Waals surface area contributed by atoms with Crippen molar-refractivity contribution in [2.45, 2.75) is 26.8 Å². The first-order valence-electron chi connectivity index (χ1n) is 5.25. The lowest BCUT2D eigenvalue weighted by Crippen LogP contribution is -2.39. The van der Waals surface area contributed by atoms with Crippen LogP contribution in [0.5, 0.6) is 0 Å².